The molecule has 3 heterocycles. The van der Waals surface area contributed by atoms with Crippen LogP contribution in [0.2, 0.25) is 19.6 Å². The van der Waals surface area contributed by atoms with Gasteiger partial charge in [0.15, 0.2) is 0 Å². The fourth-order valence-electron chi connectivity index (χ4n) is 7.72. The van der Waals surface area contributed by atoms with Crippen molar-refractivity contribution in [3.8, 4) is 39.5 Å². The van der Waals surface area contributed by atoms with Crippen LogP contribution >= 0.6 is 0 Å². The molecule has 0 atom stereocenters. The molecule has 0 aliphatic rings. The van der Waals surface area contributed by atoms with Crippen LogP contribution in [0.5, 0.6) is 0 Å². The van der Waals surface area contributed by atoms with E-state index in [2.05, 4.69) is 168 Å². The van der Waals surface area contributed by atoms with E-state index in [1.54, 1.807) is 0 Å². The zero-order chi connectivity index (χ0) is 40.6. The molecule has 299 valence electrons. The Labute approximate surface area is 363 Å². The third-order valence-corrected chi connectivity index (χ3v) is 12.8. The number of fused-ring (bicyclic) bond motifs is 4. The second kappa shape index (κ2) is 17.1. The summed E-state index contributed by atoms with van der Waals surface area (Å²) in [6, 6.07) is 55.1. The van der Waals surface area contributed by atoms with Crippen molar-refractivity contribution in [2.45, 2.75) is 66.1 Å². The third-order valence-electron chi connectivity index (χ3n) is 10.7. The van der Waals surface area contributed by atoms with Gasteiger partial charge >= 0.3 is 0 Å². The largest absolute Gasteiger partial charge is 0.501 e. The van der Waals surface area contributed by atoms with Crippen molar-refractivity contribution in [3.05, 3.63) is 169 Å². The van der Waals surface area contributed by atoms with Gasteiger partial charge in [0.1, 0.15) is 5.58 Å². The summed E-state index contributed by atoms with van der Waals surface area (Å²) in [6.45, 7) is 18.5. The maximum atomic E-state index is 6.32. The van der Waals surface area contributed by atoms with Crippen molar-refractivity contribution in [1.29, 1.82) is 0 Å². The van der Waals surface area contributed by atoms with E-state index in [9.17, 15) is 0 Å². The minimum atomic E-state index is -1.38. The zero-order valence-electron chi connectivity index (χ0n) is 35.2. The van der Waals surface area contributed by atoms with Crippen LogP contribution in [0.25, 0.3) is 72.4 Å². The van der Waals surface area contributed by atoms with Crippen LogP contribution in [0.4, 0.5) is 0 Å². The van der Waals surface area contributed by atoms with Crippen molar-refractivity contribution in [2.24, 2.45) is 5.92 Å². The monoisotopic (exact) mass is 966 g/mol. The number of benzene rings is 6. The molecule has 1 radical (unpaired) electrons. The van der Waals surface area contributed by atoms with Gasteiger partial charge in [-0.15, -0.1) is 53.6 Å². The second-order valence-electron chi connectivity index (χ2n) is 17.7. The fraction of sp³-hybridized carbons (Fsp3) is 0.208. The Morgan fingerprint density at radius 1 is 0.746 bits per heavy atom. The molecule has 0 saturated heterocycles. The first-order chi connectivity index (χ1) is 27.8. The van der Waals surface area contributed by atoms with E-state index >= 15 is 0 Å². The Hall–Kier alpha value is -5.39. The molecule has 3 aromatic heterocycles. The molecule has 59 heavy (non-hydrogen) atoms. The molecule has 0 fully saturated rings. The van der Waals surface area contributed by atoms with Crippen molar-refractivity contribution in [1.82, 2.24) is 14.5 Å². The van der Waals surface area contributed by atoms with E-state index in [1.165, 1.54) is 27.4 Å². The summed E-state index contributed by atoms with van der Waals surface area (Å²) in [5.74, 6) is 1.47. The van der Waals surface area contributed by atoms with Gasteiger partial charge < -0.3 is 14.0 Å². The van der Waals surface area contributed by atoms with Gasteiger partial charge in [-0.3, -0.25) is 4.98 Å². The number of rotatable bonds is 7. The van der Waals surface area contributed by atoms with Crippen molar-refractivity contribution in [2.75, 3.05) is 0 Å². The van der Waals surface area contributed by atoms with Gasteiger partial charge in [0.05, 0.1) is 30.5 Å². The number of hydrogen-bond donors (Lipinski definition) is 0. The van der Waals surface area contributed by atoms with E-state index in [1.807, 2.05) is 48.5 Å². The first kappa shape index (κ1) is 41.8. The summed E-state index contributed by atoms with van der Waals surface area (Å²) < 4.78 is 8.51. The van der Waals surface area contributed by atoms with Gasteiger partial charge in [-0.05, 0) is 70.1 Å². The minimum absolute atomic E-state index is 0. The number of hydrogen-bond acceptors (Lipinski definition) is 3. The van der Waals surface area contributed by atoms with Crippen LogP contribution in [0.15, 0.2) is 150 Å². The second-order valence-corrected chi connectivity index (χ2v) is 22.7. The van der Waals surface area contributed by atoms with Crippen molar-refractivity contribution >= 4 is 46.2 Å². The first-order valence-electron chi connectivity index (χ1n) is 20.3. The first-order valence-corrected chi connectivity index (χ1v) is 23.8. The Kier molecular flexibility index (Phi) is 12.1. The molecule has 9 aromatic rings. The zero-order valence-corrected chi connectivity index (χ0v) is 38.6. The standard InChI is InChI=1S/C31H19N2O.C22H32NSi.Ir/c1-2-9-21(10-3-1)22-17-19-23(20-18-22)33-28-15-6-5-14-27(28)32-31(33)26-13-8-12-25-24-11-4-7-16-29(24)34-30(25)26;1-16(2)13-18-14-20(23-15-21(18)24(6,7)8)17-9-11-19(12-10-17)22(3,4)5;/h1-12,14-20H;9,11-12,14-16H,13H2,1-8H3;/q2*-1;. The summed E-state index contributed by atoms with van der Waals surface area (Å²) in [5, 5.41) is 3.66. The van der Waals surface area contributed by atoms with Crippen LogP contribution in [0.1, 0.15) is 45.7 Å². The molecule has 0 spiro atoms. The number of nitrogens with zero attached hydrogens (tertiary/aromatic N) is 3. The van der Waals surface area contributed by atoms with E-state index in [0.29, 0.717) is 5.92 Å². The van der Waals surface area contributed by atoms with Crippen LogP contribution in [0, 0.1) is 18.1 Å². The predicted octanol–water partition coefficient (Wildman–Crippen LogP) is 13.6. The molecule has 0 amide bonds. The van der Waals surface area contributed by atoms with Gasteiger partial charge in [0.25, 0.3) is 0 Å². The maximum absolute atomic E-state index is 6.32. The maximum Gasteiger partial charge on any atom is 0.120 e. The van der Waals surface area contributed by atoms with Gasteiger partial charge in [-0.25, -0.2) is 0 Å². The fourth-order valence-corrected chi connectivity index (χ4v) is 9.31. The number of furan rings is 1. The molecular weight excluding hydrogens is 915 g/mol. The summed E-state index contributed by atoms with van der Waals surface area (Å²) in [5.41, 5.74) is 13.0. The van der Waals surface area contributed by atoms with E-state index < -0.39 is 8.07 Å². The molecule has 0 aliphatic heterocycles. The van der Waals surface area contributed by atoms with Crippen molar-refractivity contribution in [3.63, 3.8) is 0 Å². The molecule has 0 aliphatic carbocycles. The van der Waals surface area contributed by atoms with E-state index in [4.69, 9.17) is 14.4 Å². The Bertz CT molecular complexity index is 2840. The number of pyridine rings is 1. The molecule has 6 aromatic carbocycles. The van der Waals surface area contributed by atoms with Crippen molar-refractivity contribution < 1.29 is 24.5 Å². The van der Waals surface area contributed by atoms with E-state index in [0.717, 1.165) is 67.7 Å². The molecule has 0 unspecified atom stereocenters. The van der Waals surface area contributed by atoms with Crippen LogP contribution < -0.4 is 5.19 Å². The Balaban J connectivity index is 0.000000188. The molecular formula is C53H51IrN3OSi-2. The van der Waals surface area contributed by atoms with E-state index in [-0.39, 0.29) is 25.5 Å². The minimum Gasteiger partial charge on any atom is -0.501 e. The molecule has 9 rings (SSSR count). The number of aromatic nitrogens is 3. The number of para-hydroxylation sites is 3. The average molecular weight is 966 g/mol. The number of imidazole rings is 1. The predicted molar refractivity (Wildman–Crippen MR) is 247 cm³/mol. The normalized spacial score (nSPS) is 11.8. The van der Waals surface area contributed by atoms with Crippen LogP contribution in [-0.2, 0) is 31.9 Å². The quantitative estimate of drug-likeness (QED) is 0.118. The topological polar surface area (TPSA) is 43.9 Å². The summed E-state index contributed by atoms with van der Waals surface area (Å²) >= 11 is 0. The Morgan fingerprint density at radius 3 is 2.14 bits per heavy atom. The molecule has 6 heteroatoms. The molecule has 4 nitrogen and oxygen atoms in total. The summed E-state index contributed by atoms with van der Waals surface area (Å²) in [7, 11) is -1.38. The summed E-state index contributed by atoms with van der Waals surface area (Å²) in [6.07, 6.45) is 3.25. The van der Waals surface area contributed by atoms with Crippen LogP contribution in [-0.4, -0.2) is 22.6 Å². The molecule has 0 N–H and O–H groups in total. The molecule has 0 bridgehead atoms. The van der Waals surface area contributed by atoms with Gasteiger partial charge in [-0.2, -0.15) is 0 Å². The third kappa shape index (κ3) is 8.82. The smallest absolute Gasteiger partial charge is 0.120 e. The Morgan fingerprint density at radius 2 is 1.44 bits per heavy atom. The van der Waals surface area contributed by atoms with Crippen LogP contribution in [0.3, 0.4) is 0 Å². The molecule has 0 saturated carbocycles. The summed E-state index contributed by atoms with van der Waals surface area (Å²) in [4.78, 5) is 9.81. The van der Waals surface area contributed by atoms with Gasteiger partial charge in [-0.1, -0.05) is 150 Å². The SMILES string of the molecule is CC(C)Cc1cc(-c2[c-]cc(C(C)(C)C)cc2)ncc1[Si](C)(C)C.[Ir].[c-]1ccc2c(oc3ccccc32)c1-c1nc2ccccc2n1-c1ccc(-c2ccccc2)cc1. The van der Waals surface area contributed by atoms with Gasteiger partial charge in [0, 0.05) is 37.4 Å². The van der Waals surface area contributed by atoms with Gasteiger partial charge in [0.2, 0.25) is 0 Å². The average Bonchev–Trinajstić information content (AvgIpc) is 3.80.